The molecule has 0 saturated carbocycles. The number of nitrogen functional groups attached to an aromatic ring is 1. The third-order valence-corrected chi connectivity index (χ3v) is 2.94. The first-order chi connectivity index (χ1) is 9.43. The predicted molar refractivity (Wildman–Crippen MR) is 70.1 cm³/mol. The van der Waals surface area contributed by atoms with Crippen LogP contribution in [0.5, 0.6) is 0 Å². The Balaban J connectivity index is 2.44. The summed E-state index contributed by atoms with van der Waals surface area (Å²) in [6.07, 6.45) is 1.40. The fraction of sp³-hybridized carbons (Fsp3) is 0.250. The standard InChI is InChI=1S/C12H14N4O4/c1-7-8(5-9(20-7)11(18)14-13)6-16-10(17)3-4-15(2)12(16)19/h3-5H,6,13H2,1-2H3,(H,14,18). The number of aromatic nitrogens is 2. The van der Waals surface area contributed by atoms with E-state index in [9.17, 15) is 14.4 Å². The third kappa shape index (κ3) is 2.41. The Hall–Kier alpha value is -2.61. The van der Waals surface area contributed by atoms with Crippen LogP contribution in [0.4, 0.5) is 0 Å². The fourth-order valence-corrected chi connectivity index (χ4v) is 1.79. The summed E-state index contributed by atoms with van der Waals surface area (Å²) in [5.41, 5.74) is 1.65. The Kier molecular flexibility index (Phi) is 3.57. The minimum absolute atomic E-state index is 0.0273. The molecule has 0 aromatic carbocycles. The number of aryl methyl sites for hydroxylation is 2. The Bertz CT molecular complexity index is 768. The Morgan fingerprint density at radius 3 is 2.80 bits per heavy atom. The van der Waals surface area contributed by atoms with Gasteiger partial charge >= 0.3 is 11.6 Å². The van der Waals surface area contributed by atoms with Crippen molar-refractivity contribution in [1.29, 1.82) is 0 Å². The average Bonchev–Trinajstić information content (AvgIpc) is 2.79. The van der Waals surface area contributed by atoms with Crippen molar-refractivity contribution in [1.82, 2.24) is 14.6 Å². The van der Waals surface area contributed by atoms with Crippen LogP contribution in [-0.4, -0.2) is 15.0 Å². The summed E-state index contributed by atoms with van der Waals surface area (Å²) in [5.74, 6) is 4.91. The van der Waals surface area contributed by atoms with Crippen molar-refractivity contribution in [2.24, 2.45) is 12.9 Å². The van der Waals surface area contributed by atoms with Gasteiger partial charge in [0.1, 0.15) is 5.76 Å². The van der Waals surface area contributed by atoms with Gasteiger partial charge in [-0.15, -0.1) is 0 Å². The van der Waals surface area contributed by atoms with E-state index in [2.05, 4.69) is 0 Å². The smallest absolute Gasteiger partial charge is 0.331 e. The van der Waals surface area contributed by atoms with Crippen molar-refractivity contribution in [3.63, 3.8) is 0 Å². The molecule has 1 amide bonds. The maximum atomic E-state index is 11.9. The highest BCUT2D eigenvalue weighted by atomic mass is 16.4. The van der Waals surface area contributed by atoms with E-state index in [-0.39, 0.29) is 12.3 Å². The van der Waals surface area contributed by atoms with Crippen LogP contribution in [0.3, 0.4) is 0 Å². The van der Waals surface area contributed by atoms with Crippen LogP contribution in [0.2, 0.25) is 0 Å². The van der Waals surface area contributed by atoms with Gasteiger partial charge in [0.2, 0.25) is 0 Å². The molecule has 0 spiro atoms. The summed E-state index contributed by atoms with van der Waals surface area (Å²) in [6.45, 7) is 1.67. The maximum Gasteiger partial charge on any atom is 0.331 e. The van der Waals surface area contributed by atoms with E-state index in [4.69, 9.17) is 10.3 Å². The number of hydrogen-bond donors (Lipinski definition) is 2. The van der Waals surface area contributed by atoms with Gasteiger partial charge in [-0.2, -0.15) is 0 Å². The summed E-state index contributed by atoms with van der Waals surface area (Å²) in [7, 11) is 1.55. The van der Waals surface area contributed by atoms with Crippen LogP contribution < -0.4 is 22.5 Å². The number of furan rings is 1. The lowest BCUT2D eigenvalue weighted by Crippen LogP contribution is -2.38. The zero-order chi connectivity index (χ0) is 14.9. The number of nitrogens with zero attached hydrogens (tertiary/aromatic N) is 2. The van der Waals surface area contributed by atoms with Gasteiger partial charge in [-0.1, -0.05) is 0 Å². The molecule has 8 nitrogen and oxygen atoms in total. The molecule has 2 aromatic heterocycles. The van der Waals surface area contributed by atoms with Gasteiger partial charge in [-0.05, 0) is 13.0 Å². The quantitative estimate of drug-likeness (QED) is 0.429. The molecule has 0 bridgehead atoms. The lowest BCUT2D eigenvalue weighted by atomic mass is 10.2. The average molecular weight is 278 g/mol. The number of amides is 1. The third-order valence-electron chi connectivity index (χ3n) is 2.94. The molecule has 106 valence electrons. The summed E-state index contributed by atoms with van der Waals surface area (Å²) < 4.78 is 7.59. The zero-order valence-corrected chi connectivity index (χ0v) is 11.0. The van der Waals surface area contributed by atoms with E-state index in [0.29, 0.717) is 11.3 Å². The second kappa shape index (κ2) is 5.17. The lowest BCUT2D eigenvalue weighted by molar-refractivity contribution is 0.0924. The van der Waals surface area contributed by atoms with Crippen LogP contribution in [-0.2, 0) is 13.6 Å². The predicted octanol–water partition coefficient (Wildman–Crippen LogP) is -0.900. The van der Waals surface area contributed by atoms with Crippen molar-refractivity contribution in [3.8, 4) is 0 Å². The number of rotatable bonds is 3. The number of nitrogens with one attached hydrogen (secondary N) is 1. The highest BCUT2D eigenvalue weighted by Crippen LogP contribution is 2.14. The number of hydrogen-bond acceptors (Lipinski definition) is 5. The number of hydrazine groups is 1. The lowest BCUT2D eigenvalue weighted by Gasteiger charge is -2.05. The topological polar surface area (TPSA) is 112 Å². The van der Waals surface area contributed by atoms with Gasteiger partial charge in [0.25, 0.3) is 5.56 Å². The molecule has 8 heteroatoms. The molecular formula is C12H14N4O4. The van der Waals surface area contributed by atoms with E-state index < -0.39 is 17.2 Å². The maximum absolute atomic E-state index is 11.9. The summed E-state index contributed by atoms with van der Waals surface area (Å²) in [6, 6.07) is 2.75. The van der Waals surface area contributed by atoms with Gasteiger partial charge in [0, 0.05) is 24.9 Å². The Morgan fingerprint density at radius 2 is 2.15 bits per heavy atom. The molecule has 20 heavy (non-hydrogen) atoms. The Morgan fingerprint density at radius 1 is 1.45 bits per heavy atom. The summed E-state index contributed by atoms with van der Waals surface area (Å²) in [4.78, 5) is 35.0. The van der Waals surface area contributed by atoms with Crippen LogP contribution in [0.15, 0.2) is 32.3 Å². The molecule has 0 radical (unpaired) electrons. The molecule has 0 aliphatic carbocycles. The van der Waals surface area contributed by atoms with Crippen molar-refractivity contribution in [2.45, 2.75) is 13.5 Å². The monoisotopic (exact) mass is 278 g/mol. The van der Waals surface area contributed by atoms with Gasteiger partial charge in [0.05, 0.1) is 6.54 Å². The Labute approximate surface area is 113 Å². The first-order valence-corrected chi connectivity index (χ1v) is 5.80. The summed E-state index contributed by atoms with van der Waals surface area (Å²) in [5, 5.41) is 0. The van der Waals surface area contributed by atoms with Gasteiger partial charge in [-0.25, -0.2) is 10.6 Å². The molecule has 0 aliphatic heterocycles. The highest BCUT2D eigenvalue weighted by Gasteiger charge is 2.15. The van der Waals surface area contributed by atoms with Crippen LogP contribution in [0.1, 0.15) is 21.9 Å². The first-order valence-electron chi connectivity index (χ1n) is 5.80. The van der Waals surface area contributed by atoms with E-state index in [0.717, 1.165) is 4.57 Å². The minimum Gasteiger partial charge on any atom is -0.456 e. The van der Waals surface area contributed by atoms with Gasteiger partial charge in [-0.3, -0.25) is 19.6 Å². The van der Waals surface area contributed by atoms with Crippen LogP contribution >= 0.6 is 0 Å². The van der Waals surface area contributed by atoms with E-state index in [1.807, 2.05) is 5.43 Å². The van der Waals surface area contributed by atoms with E-state index >= 15 is 0 Å². The van der Waals surface area contributed by atoms with Gasteiger partial charge < -0.3 is 8.98 Å². The molecule has 0 aliphatic rings. The number of nitrogens with two attached hydrogens (primary N) is 1. The molecule has 2 heterocycles. The van der Waals surface area contributed by atoms with E-state index in [1.165, 1.54) is 22.9 Å². The molecule has 0 fully saturated rings. The van der Waals surface area contributed by atoms with Crippen molar-refractivity contribution in [2.75, 3.05) is 0 Å². The normalized spacial score (nSPS) is 10.6. The van der Waals surface area contributed by atoms with Gasteiger partial charge in [0.15, 0.2) is 5.76 Å². The second-order valence-corrected chi connectivity index (χ2v) is 4.30. The molecule has 0 atom stereocenters. The minimum atomic E-state index is -0.576. The van der Waals surface area contributed by atoms with Crippen molar-refractivity contribution in [3.05, 3.63) is 56.3 Å². The van der Waals surface area contributed by atoms with Crippen LogP contribution in [0, 0.1) is 6.92 Å². The van der Waals surface area contributed by atoms with Crippen LogP contribution in [0.25, 0.3) is 0 Å². The summed E-state index contributed by atoms with van der Waals surface area (Å²) >= 11 is 0. The first kappa shape index (κ1) is 13.8. The van der Waals surface area contributed by atoms with Crippen molar-refractivity contribution < 1.29 is 9.21 Å². The molecule has 3 N–H and O–H groups in total. The number of carbonyl (C=O) groups is 1. The van der Waals surface area contributed by atoms with E-state index in [1.54, 1.807) is 14.0 Å². The zero-order valence-electron chi connectivity index (χ0n) is 11.0. The number of carbonyl (C=O) groups excluding carboxylic acids is 1. The SMILES string of the molecule is Cc1oc(C(=O)NN)cc1Cn1c(=O)ccn(C)c1=O. The van der Waals surface area contributed by atoms with Crippen molar-refractivity contribution >= 4 is 5.91 Å². The molecule has 0 unspecified atom stereocenters. The highest BCUT2D eigenvalue weighted by molar-refractivity contribution is 5.91. The molecule has 0 saturated heterocycles. The fourth-order valence-electron chi connectivity index (χ4n) is 1.79. The molecule has 2 rings (SSSR count). The molecule has 2 aromatic rings. The second-order valence-electron chi connectivity index (χ2n) is 4.30. The molecular weight excluding hydrogens is 264 g/mol. The largest absolute Gasteiger partial charge is 0.456 e.